The first-order valence-electron chi connectivity index (χ1n) is 5.66. The van der Waals surface area contributed by atoms with E-state index >= 15 is 0 Å². The molecule has 0 bridgehead atoms. The summed E-state index contributed by atoms with van der Waals surface area (Å²) in [6, 6.07) is 12.1. The maximum absolute atomic E-state index is 6.11. The van der Waals surface area contributed by atoms with Gasteiger partial charge in [0.15, 0.2) is 0 Å². The second kappa shape index (κ2) is 6.49. The van der Waals surface area contributed by atoms with Gasteiger partial charge in [0.05, 0.1) is 16.1 Å². The van der Waals surface area contributed by atoms with E-state index in [-0.39, 0.29) is 6.04 Å². The number of hydrogen-bond donors (Lipinski definition) is 1. The summed E-state index contributed by atoms with van der Waals surface area (Å²) in [6.45, 7) is 0.292. The van der Waals surface area contributed by atoms with Crippen LogP contribution in [0.25, 0.3) is 0 Å². The van der Waals surface area contributed by atoms with Crippen molar-refractivity contribution in [3.8, 4) is 5.75 Å². The largest absolute Gasteiger partial charge is 0.492 e. The molecule has 1 unspecified atom stereocenters. The zero-order valence-corrected chi connectivity index (χ0v) is 12.2. The summed E-state index contributed by atoms with van der Waals surface area (Å²) in [5, 5.41) is 1.57. The Hall–Kier alpha value is -0.930. The molecule has 100 valence electrons. The van der Waals surface area contributed by atoms with Crippen LogP contribution in [0.5, 0.6) is 5.75 Å². The molecule has 2 rings (SSSR count). The first-order chi connectivity index (χ1) is 9.08. The minimum Gasteiger partial charge on any atom is -0.492 e. The fourth-order valence-electron chi connectivity index (χ4n) is 1.64. The van der Waals surface area contributed by atoms with Crippen LogP contribution in [0.1, 0.15) is 11.6 Å². The van der Waals surface area contributed by atoms with Crippen molar-refractivity contribution in [1.82, 2.24) is 0 Å². The second-order valence-electron chi connectivity index (χ2n) is 4.02. The van der Waals surface area contributed by atoms with Gasteiger partial charge in [-0.25, -0.2) is 0 Å². The van der Waals surface area contributed by atoms with E-state index in [0.717, 1.165) is 5.56 Å². The van der Waals surface area contributed by atoms with Crippen molar-refractivity contribution in [3.63, 3.8) is 0 Å². The Labute approximate surface area is 127 Å². The van der Waals surface area contributed by atoms with Crippen LogP contribution in [0, 0.1) is 0 Å². The smallest absolute Gasteiger partial charge is 0.120 e. The molecule has 0 amide bonds. The fraction of sp³-hybridized carbons (Fsp3) is 0.143. The molecular weight excluding hydrogens is 305 g/mol. The van der Waals surface area contributed by atoms with Gasteiger partial charge in [0.25, 0.3) is 0 Å². The van der Waals surface area contributed by atoms with Crippen LogP contribution in [-0.4, -0.2) is 6.61 Å². The maximum atomic E-state index is 6.11. The molecule has 2 aromatic carbocycles. The predicted octanol–water partition coefficient (Wildman–Crippen LogP) is 4.73. The summed E-state index contributed by atoms with van der Waals surface area (Å²) in [6.07, 6.45) is 0. The number of halogens is 3. The van der Waals surface area contributed by atoms with Crippen molar-refractivity contribution >= 4 is 34.8 Å². The molecule has 0 aromatic heterocycles. The molecule has 2 aromatic rings. The van der Waals surface area contributed by atoms with Crippen molar-refractivity contribution in [2.24, 2.45) is 5.73 Å². The van der Waals surface area contributed by atoms with Gasteiger partial charge in [0, 0.05) is 5.02 Å². The van der Waals surface area contributed by atoms with Crippen LogP contribution < -0.4 is 10.5 Å². The molecule has 0 aliphatic heterocycles. The lowest BCUT2D eigenvalue weighted by atomic mass is 10.1. The normalized spacial score (nSPS) is 12.2. The first kappa shape index (κ1) is 14.5. The van der Waals surface area contributed by atoms with E-state index in [2.05, 4.69) is 0 Å². The highest BCUT2D eigenvalue weighted by Crippen LogP contribution is 2.29. The van der Waals surface area contributed by atoms with E-state index in [1.165, 1.54) is 0 Å². The third kappa shape index (κ3) is 3.77. The third-order valence-corrected chi connectivity index (χ3v) is 3.68. The molecule has 5 heteroatoms. The second-order valence-corrected chi connectivity index (χ2v) is 5.24. The Kier molecular flexibility index (Phi) is 4.94. The van der Waals surface area contributed by atoms with E-state index in [9.17, 15) is 0 Å². The number of hydrogen-bond acceptors (Lipinski definition) is 2. The summed E-state index contributed by atoms with van der Waals surface area (Å²) < 4.78 is 5.59. The lowest BCUT2D eigenvalue weighted by Gasteiger charge is -2.15. The highest BCUT2D eigenvalue weighted by molar-refractivity contribution is 6.42. The summed E-state index contributed by atoms with van der Waals surface area (Å²) >= 11 is 17.9. The van der Waals surface area contributed by atoms with Crippen molar-refractivity contribution in [3.05, 3.63) is 63.1 Å². The highest BCUT2D eigenvalue weighted by Gasteiger charge is 2.13. The van der Waals surface area contributed by atoms with Gasteiger partial charge in [-0.05, 0) is 29.8 Å². The Morgan fingerprint density at radius 2 is 1.79 bits per heavy atom. The van der Waals surface area contributed by atoms with E-state index in [4.69, 9.17) is 45.3 Å². The van der Waals surface area contributed by atoms with Gasteiger partial charge < -0.3 is 10.5 Å². The maximum Gasteiger partial charge on any atom is 0.120 e. The molecule has 0 aliphatic rings. The molecule has 2 nitrogen and oxygen atoms in total. The van der Waals surface area contributed by atoms with Crippen molar-refractivity contribution < 1.29 is 4.74 Å². The molecule has 0 radical (unpaired) electrons. The van der Waals surface area contributed by atoms with Crippen LogP contribution >= 0.6 is 34.8 Å². The minimum absolute atomic E-state index is 0.292. The Balaban J connectivity index is 2.05. The summed E-state index contributed by atoms with van der Waals surface area (Å²) in [5.74, 6) is 0.668. The molecule has 0 saturated carbocycles. The van der Waals surface area contributed by atoms with Gasteiger partial charge in [0.2, 0.25) is 0 Å². The fourth-order valence-corrected chi connectivity index (χ4v) is 2.27. The first-order valence-corrected chi connectivity index (χ1v) is 6.79. The van der Waals surface area contributed by atoms with Gasteiger partial charge in [-0.15, -0.1) is 0 Å². The molecule has 0 fully saturated rings. The Bertz CT molecular complexity index is 574. The lowest BCUT2D eigenvalue weighted by Crippen LogP contribution is -2.19. The molecule has 2 N–H and O–H groups in total. The summed E-state index contributed by atoms with van der Waals surface area (Å²) in [4.78, 5) is 0. The van der Waals surface area contributed by atoms with Crippen molar-refractivity contribution in [1.29, 1.82) is 0 Å². The molecular formula is C14H12Cl3NO. The van der Waals surface area contributed by atoms with E-state index in [0.29, 0.717) is 27.4 Å². The van der Waals surface area contributed by atoms with E-state index in [1.807, 2.05) is 24.3 Å². The summed E-state index contributed by atoms with van der Waals surface area (Å²) in [7, 11) is 0. The van der Waals surface area contributed by atoms with Gasteiger partial charge in [-0.3, -0.25) is 0 Å². The number of ether oxygens (including phenoxy) is 1. The van der Waals surface area contributed by atoms with E-state index in [1.54, 1.807) is 18.2 Å². The molecule has 0 spiro atoms. The van der Waals surface area contributed by atoms with Crippen LogP contribution in [0.4, 0.5) is 0 Å². The van der Waals surface area contributed by atoms with Crippen molar-refractivity contribution in [2.75, 3.05) is 6.61 Å². The minimum atomic E-state index is -0.356. The van der Waals surface area contributed by atoms with Gasteiger partial charge in [-0.2, -0.15) is 0 Å². The zero-order valence-electron chi connectivity index (χ0n) is 9.95. The number of nitrogens with two attached hydrogens (primary N) is 1. The predicted molar refractivity (Wildman–Crippen MR) is 80.3 cm³/mol. The van der Waals surface area contributed by atoms with Gasteiger partial charge in [-0.1, -0.05) is 53.0 Å². The van der Waals surface area contributed by atoms with Gasteiger partial charge >= 0.3 is 0 Å². The zero-order chi connectivity index (χ0) is 13.8. The topological polar surface area (TPSA) is 35.2 Å². The molecule has 0 saturated heterocycles. The monoisotopic (exact) mass is 315 g/mol. The van der Waals surface area contributed by atoms with Crippen molar-refractivity contribution in [2.45, 2.75) is 6.04 Å². The highest BCUT2D eigenvalue weighted by atomic mass is 35.5. The van der Waals surface area contributed by atoms with Crippen LogP contribution in [0.2, 0.25) is 15.1 Å². The third-order valence-electron chi connectivity index (χ3n) is 2.61. The number of rotatable bonds is 4. The molecule has 0 aliphatic carbocycles. The standard InChI is InChI=1S/C14H12Cl3NO/c15-9-3-1-4-10(7-9)19-8-13(18)11-5-2-6-12(16)14(11)17/h1-7,13H,8,18H2. The quantitative estimate of drug-likeness (QED) is 0.885. The average Bonchev–Trinajstić information content (AvgIpc) is 2.39. The molecule has 0 heterocycles. The van der Waals surface area contributed by atoms with Gasteiger partial charge in [0.1, 0.15) is 12.4 Å². The molecule has 19 heavy (non-hydrogen) atoms. The lowest BCUT2D eigenvalue weighted by molar-refractivity contribution is 0.291. The van der Waals surface area contributed by atoms with Crippen LogP contribution in [-0.2, 0) is 0 Å². The average molecular weight is 317 g/mol. The van der Waals surface area contributed by atoms with E-state index < -0.39 is 0 Å². The number of benzene rings is 2. The summed E-state index contributed by atoms with van der Waals surface area (Å²) in [5.41, 5.74) is 6.81. The Morgan fingerprint density at radius 1 is 1.05 bits per heavy atom. The van der Waals surface area contributed by atoms with Crippen LogP contribution in [0.3, 0.4) is 0 Å². The SMILES string of the molecule is NC(COc1cccc(Cl)c1)c1cccc(Cl)c1Cl. The van der Waals surface area contributed by atoms with Crippen LogP contribution in [0.15, 0.2) is 42.5 Å². The molecule has 1 atom stereocenters. The Morgan fingerprint density at radius 3 is 2.53 bits per heavy atom.